The fraction of sp³-hybridized carbons (Fsp3) is 0.357. The molecule has 1 N–H and O–H groups in total. The number of hydrogen-bond donors (Lipinski definition) is 1. The highest BCUT2D eigenvalue weighted by molar-refractivity contribution is 7.97. The van der Waals surface area contributed by atoms with Gasteiger partial charge < -0.3 is 5.32 Å². The molecule has 0 amide bonds. The van der Waals surface area contributed by atoms with E-state index in [0.29, 0.717) is 0 Å². The number of aromatic nitrogens is 1. The molecular weight excluding hydrogens is 260 g/mol. The molecule has 94 valence electrons. The Hall–Kier alpha value is -0.840. The third kappa shape index (κ3) is 2.46. The van der Waals surface area contributed by atoms with Crippen molar-refractivity contribution in [2.75, 3.05) is 12.8 Å². The lowest BCUT2D eigenvalue weighted by Crippen LogP contribution is -2.23. The van der Waals surface area contributed by atoms with E-state index in [2.05, 4.69) is 35.2 Å². The van der Waals surface area contributed by atoms with E-state index in [1.54, 1.807) is 11.3 Å². The summed E-state index contributed by atoms with van der Waals surface area (Å²) in [4.78, 5) is 4.70. The molecule has 18 heavy (non-hydrogen) atoms. The maximum atomic E-state index is 4.70. The van der Waals surface area contributed by atoms with Gasteiger partial charge in [0.1, 0.15) is 5.01 Å². The van der Waals surface area contributed by atoms with Crippen LogP contribution in [0.15, 0.2) is 23.6 Å². The van der Waals surface area contributed by atoms with Gasteiger partial charge in [-0.25, -0.2) is 4.98 Å². The molecule has 0 saturated heterocycles. The first kappa shape index (κ1) is 12.2. The predicted octanol–water partition coefficient (Wildman–Crippen LogP) is 3.32. The van der Waals surface area contributed by atoms with Crippen LogP contribution in [-0.4, -0.2) is 17.8 Å². The van der Waals surface area contributed by atoms with Crippen molar-refractivity contribution in [2.45, 2.75) is 18.7 Å². The van der Waals surface area contributed by atoms with Crippen molar-refractivity contribution in [3.63, 3.8) is 0 Å². The van der Waals surface area contributed by atoms with E-state index in [-0.39, 0.29) is 0 Å². The van der Waals surface area contributed by atoms with E-state index >= 15 is 0 Å². The molecule has 2 nitrogen and oxygen atoms in total. The Morgan fingerprint density at radius 1 is 1.39 bits per heavy atom. The Morgan fingerprint density at radius 3 is 3.22 bits per heavy atom. The van der Waals surface area contributed by atoms with Gasteiger partial charge in [0.2, 0.25) is 0 Å². The van der Waals surface area contributed by atoms with Gasteiger partial charge >= 0.3 is 0 Å². The van der Waals surface area contributed by atoms with Crippen LogP contribution in [-0.2, 0) is 18.7 Å². The minimum atomic E-state index is 1.00. The Balaban J connectivity index is 1.91. The Bertz CT molecular complexity index is 548. The summed E-state index contributed by atoms with van der Waals surface area (Å²) in [7, 11) is 0. The molecule has 0 spiro atoms. The number of fused-ring (bicyclic) bond motifs is 1. The largest absolute Gasteiger partial charge is 0.312 e. The molecule has 0 radical (unpaired) electrons. The van der Waals surface area contributed by atoms with E-state index in [4.69, 9.17) is 4.98 Å². The van der Waals surface area contributed by atoms with Crippen LogP contribution in [0.25, 0.3) is 11.3 Å². The number of thiazole rings is 1. The van der Waals surface area contributed by atoms with Crippen LogP contribution in [0, 0.1) is 0 Å². The van der Waals surface area contributed by atoms with E-state index in [0.717, 1.165) is 31.0 Å². The number of rotatable bonds is 3. The molecule has 1 aromatic carbocycles. The molecule has 0 saturated carbocycles. The van der Waals surface area contributed by atoms with Crippen LogP contribution >= 0.6 is 23.1 Å². The van der Waals surface area contributed by atoms with Crippen molar-refractivity contribution >= 4 is 23.1 Å². The number of hydrogen-bond acceptors (Lipinski definition) is 4. The zero-order valence-electron chi connectivity index (χ0n) is 10.4. The van der Waals surface area contributed by atoms with E-state index < -0.39 is 0 Å². The highest BCUT2D eigenvalue weighted by Gasteiger charge is 2.11. The minimum Gasteiger partial charge on any atom is -0.312 e. The molecule has 0 atom stereocenters. The molecule has 1 aliphatic heterocycles. The predicted molar refractivity (Wildman–Crippen MR) is 80.2 cm³/mol. The maximum Gasteiger partial charge on any atom is 0.103 e. The fourth-order valence-corrected chi connectivity index (χ4v) is 3.79. The molecule has 0 bridgehead atoms. The summed E-state index contributed by atoms with van der Waals surface area (Å²) in [6, 6.07) is 6.75. The first-order chi connectivity index (χ1) is 8.86. The highest BCUT2D eigenvalue weighted by Crippen LogP contribution is 2.26. The number of benzene rings is 1. The van der Waals surface area contributed by atoms with E-state index in [1.165, 1.54) is 21.7 Å². The number of nitrogens with one attached hydrogen (secondary N) is 1. The topological polar surface area (TPSA) is 24.9 Å². The molecule has 0 unspecified atom stereocenters. The Morgan fingerprint density at radius 2 is 2.33 bits per heavy atom. The van der Waals surface area contributed by atoms with E-state index in [9.17, 15) is 0 Å². The quantitative estimate of drug-likeness (QED) is 0.931. The monoisotopic (exact) mass is 276 g/mol. The summed E-state index contributed by atoms with van der Waals surface area (Å²) in [5.74, 6) is 1.01. The molecule has 1 aromatic heterocycles. The van der Waals surface area contributed by atoms with E-state index in [1.807, 2.05) is 11.8 Å². The van der Waals surface area contributed by atoms with Crippen molar-refractivity contribution in [3.05, 3.63) is 39.7 Å². The Kier molecular flexibility index (Phi) is 3.68. The summed E-state index contributed by atoms with van der Waals surface area (Å²) in [5.41, 5.74) is 5.31. The average Bonchev–Trinajstić information content (AvgIpc) is 2.87. The van der Waals surface area contributed by atoms with Gasteiger partial charge in [-0.1, -0.05) is 12.1 Å². The molecular formula is C14H16N2S2. The first-order valence-corrected chi connectivity index (χ1v) is 8.40. The summed E-state index contributed by atoms with van der Waals surface area (Å²) in [6.07, 6.45) is 3.25. The van der Waals surface area contributed by atoms with Crippen LogP contribution < -0.4 is 5.32 Å². The first-order valence-electron chi connectivity index (χ1n) is 6.13. The van der Waals surface area contributed by atoms with Gasteiger partial charge in [0.25, 0.3) is 0 Å². The molecule has 0 fully saturated rings. The maximum absolute atomic E-state index is 4.70. The van der Waals surface area contributed by atoms with Crippen LogP contribution in [0.3, 0.4) is 0 Å². The minimum absolute atomic E-state index is 1.00. The summed E-state index contributed by atoms with van der Waals surface area (Å²) >= 11 is 3.59. The van der Waals surface area contributed by atoms with Crippen LogP contribution in [0.1, 0.15) is 16.1 Å². The number of thioether (sulfide) groups is 1. The second kappa shape index (κ2) is 5.43. The average molecular weight is 276 g/mol. The summed E-state index contributed by atoms with van der Waals surface area (Å²) in [5, 5.41) is 6.80. The smallest absolute Gasteiger partial charge is 0.103 e. The molecule has 3 rings (SSSR count). The third-order valence-electron chi connectivity index (χ3n) is 3.21. The van der Waals surface area contributed by atoms with Gasteiger partial charge in [-0.05, 0) is 36.4 Å². The molecule has 0 aliphatic carbocycles. The number of nitrogens with zero attached hydrogens (tertiary/aromatic N) is 1. The zero-order valence-corrected chi connectivity index (χ0v) is 12.0. The van der Waals surface area contributed by atoms with Crippen LogP contribution in [0.2, 0.25) is 0 Å². The standard InChI is InChI=1S/C14H16N2S2/c1-17-9-14-16-13(8-18-14)11-2-3-12-7-15-5-4-10(12)6-11/h2-3,6,8,15H,4-5,7,9H2,1H3. The zero-order chi connectivity index (χ0) is 12.4. The molecule has 1 aliphatic rings. The van der Waals surface area contributed by atoms with Crippen molar-refractivity contribution in [1.82, 2.24) is 10.3 Å². The summed E-state index contributed by atoms with van der Waals surface area (Å²) in [6.45, 7) is 2.09. The SMILES string of the molecule is CSCc1nc(-c2ccc3c(c2)CCNC3)cs1. The van der Waals surface area contributed by atoms with Gasteiger partial charge in [-0.2, -0.15) is 11.8 Å². The van der Waals surface area contributed by atoms with Gasteiger partial charge in [0, 0.05) is 23.2 Å². The lowest BCUT2D eigenvalue weighted by atomic mass is 9.98. The van der Waals surface area contributed by atoms with Gasteiger partial charge in [-0.3, -0.25) is 0 Å². The van der Waals surface area contributed by atoms with Gasteiger partial charge in [0.15, 0.2) is 0 Å². The van der Waals surface area contributed by atoms with Crippen molar-refractivity contribution in [2.24, 2.45) is 0 Å². The summed E-state index contributed by atoms with van der Waals surface area (Å²) < 4.78 is 0. The van der Waals surface area contributed by atoms with Crippen molar-refractivity contribution < 1.29 is 0 Å². The molecule has 2 heterocycles. The Labute approximate surface area is 116 Å². The second-order valence-corrected chi connectivity index (χ2v) is 6.28. The highest BCUT2D eigenvalue weighted by atomic mass is 32.2. The van der Waals surface area contributed by atoms with Crippen molar-refractivity contribution in [3.8, 4) is 11.3 Å². The van der Waals surface area contributed by atoms with Gasteiger partial charge in [-0.15, -0.1) is 11.3 Å². The van der Waals surface area contributed by atoms with Crippen LogP contribution in [0.5, 0.6) is 0 Å². The lowest BCUT2D eigenvalue weighted by Gasteiger charge is -2.17. The molecule has 2 aromatic rings. The van der Waals surface area contributed by atoms with Crippen molar-refractivity contribution in [1.29, 1.82) is 0 Å². The second-order valence-electron chi connectivity index (χ2n) is 4.47. The lowest BCUT2D eigenvalue weighted by molar-refractivity contribution is 0.644. The third-order valence-corrected chi connectivity index (χ3v) is 4.80. The van der Waals surface area contributed by atoms with Gasteiger partial charge in [0.05, 0.1) is 5.69 Å². The normalized spacial score (nSPS) is 14.5. The van der Waals surface area contributed by atoms with Crippen LogP contribution in [0.4, 0.5) is 0 Å². The molecule has 4 heteroatoms. The fourth-order valence-electron chi connectivity index (χ4n) is 2.27.